The number of nitrogens with zero attached hydrogens (tertiary/aromatic N) is 1. The van der Waals surface area contributed by atoms with Gasteiger partial charge in [-0.2, -0.15) is 0 Å². The third-order valence-electron chi connectivity index (χ3n) is 1.84. The maximum absolute atomic E-state index is 5.31. The van der Waals surface area contributed by atoms with Crippen LogP contribution >= 0.6 is 0 Å². The van der Waals surface area contributed by atoms with Gasteiger partial charge < -0.3 is 9.47 Å². The van der Waals surface area contributed by atoms with E-state index in [9.17, 15) is 0 Å². The molecular weight excluding hydrogens is 154 g/mol. The van der Waals surface area contributed by atoms with Crippen molar-refractivity contribution in [3.63, 3.8) is 0 Å². The lowest BCUT2D eigenvalue weighted by Crippen LogP contribution is -2.10. The Labute approximate surface area is 71.3 Å². The molecule has 1 aromatic rings. The van der Waals surface area contributed by atoms with Crippen molar-refractivity contribution in [1.29, 1.82) is 0 Å². The van der Waals surface area contributed by atoms with Crippen LogP contribution in [-0.2, 0) is 15.9 Å². The van der Waals surface area contributed by atoms with E-state index in [1.54, 1.807) is 12.4 Å². The highest BCUT2D eigenvalue weighted by molar-refractivity contribution is 5.10. The molecule has 1 aliphatic heterocycles. The summed E-state index contributed by atoms with van der Waals surface area (Å²) in [5.74, 6) is 0. The molecule has 1 fully saturated rings. The summed E-state index contributed by atoms with van der Waals surface area (Å²) in [6.45, 7) is 1.44. The third-order valence-corrected chi connectivity index (χ3v) is 1.84. The molecule has 0 unspecified atom stereocenters. The van der Waals surface area contributed by atoms with Gasteiger partial charge in [0, 0.05) is 18.8 Å². The van der Waals surface area contributed by atoms with Crippen LogP contribution in [-0.4, -0.2) is 24.5 Å². The Morgan fingerprint density at radius 1 is 1.25 bits per heavy atom. The molecule has 0 spiro atoms. The first-order chi connectivity index (χ1) is 5.95. The number of hydrogen-bond donors (Lipinski definition) is 0. The fourth-order valence-corrected chi connectivity index (χ4v) is 1.24. The van der Waals surface area contributed by atoms with Gasteiger partial charge in [-0.15, -0.1) is 0 Å². The minimum atomic E-state index is -0.0487. The van der Waals surface area contributed by atoms with Crippen LogP contribution in [0.1, 0.15) is 5.56 Å². The minimum Gasteiger partial charge on any atom is -0.350 e. The van der Waals surface area contributed by atoms with Crippen molar-refractivity contribution in [3.8, 4) is 0 Å². The molecule has 0 saturated carbocycles. The van der Waals surface area contributed by atoms with Crippen LogP contribution < -0.4 is 0 Å². The van der Waals surface area contributed by atoms with Gasteiger partial charge >= 0.3 is 0 Å². The molecule has 2 rings (SSSR count). The predicted molar refractivity (Wildman–Crippen MR) is 43.6 cm³/mol. The number of hydrogen-bond acceptors (Lipinski definition) is 3. The molecule has 64 valence electrons. The van der Waals surface area contributed by atoms with E-state index in [0.29, 0.717) is 0 Å². The first-order valence-corrected chi connectivity index (χ1v) is 4.07. The Bertz CT molecular complexity index is 232. The van der Waals surface area contributed by atoms with Crippen molar-refractivity contribution in [2.45, 2.75) is 12.7 Å². The second kappa shape index (κ2) is 3.65. The zero-order valence-electron chi connectivity index (χ0n) is 6.77. The van der Waals surface area contributed by atoms with Gasteiger partial charge in [0.1, 0.15) is 0 Å². The van der Waals surface area contributed by atoms with Crippen molar-refractivity contribution in [2.24, 2.45) is 0 Å². The number of ether oxygens (including phenoxy) is 2. The summed E-state index contributed by atoms with van der Waals surface area (Å²) in [4.78, 5) is 3.94. The smallest absolute Gasteiger partial charge is 0.161 e. The Balaban J connectivity index is 1.94. The third kappa shape index (κ3) is 1.81. The van der Waals surface area contributed by atoms with E-state index in [1.807, 2.05) is 12.1 Å². The second-order valence-corrected chi connectivity index (χ2v) is 2.73. The number of pyridine rings is 1. The molecule has 3 nitrogen and oxygen atoms in total. The normalized spacial score (nSPS) is 18.3. The van der Waals surface area contributed by atoms with Crippen LogP contribution in [0.15, 0.2) is 24.5 Å². The molecule has 0 N–H and O–H groups in total. The summed E-state index contributed by atoms with van der Waals surface area (Å²) in [5.41, 5.74) is 1.21. The van der Waals surface area contributed by atoms with E-state index in [-0.39, 0.29) is 6.29 Å². The lowest BCUT2D eigenvalue weighted by Gasteiger charge is -2.07. The highest BCUT2D eigenvalue weighted by Gasteiger charge is 2.15. The largest absolute Gasteiger partial charge is 0.350 e. The molecule has 3 heteroatoms. The Morgan fingerprint density at radius 2 is 1.92 bits per heavy atom. The number of rotatable bonds is 2. The van der Waals surface area contributed by atoms with Crippen molar-refractivity contribution < 1.29 is 9.47 Å². The van der Waals surface area contributed by atoms with Crippen LogP contribution in [0.25, 0.3) is 0 Å². The Morgan fingerprint density at radius 3 is 2.58 bits per heavy atom. The van der Waals surface area contributed by atoms with Crippen LogP contribution in [0.5, 0.6) is 0 Å². The van der Waals surface area contributed by atoms with E-state index in [1.165, 1.54) is 5.56 Å². The van der Waals surface area contributed by atoms with E-state index >= 15 is 0 Å². The summed E-state index contributed by atoms with van der Waals surface area (Å²) < 4.78 is 10.6. The van der Waals surface area contributed by atoms with Gasteiger partial charge in [-0.1, -0.05) is 0 Å². The van der Waals surface area contributed by atoms with Gasteiger partial charge in [0.2, 0.25) is 0 Å². The molecule has 2 heterocycles. The van der Waals surface area contributed by atoms with Crippen molar-refractivity contribution >= 4 is 0 Å². The SMILES string of the molecule is c1cc(CC2OCCO2)ccn1. The van der Waals surface area contributed by atoms with Crippen molar-refractivity contribution in [2.75, 3.05) is 13.2 Å². The van der Waals surface area contributed by atoms with Crippen LogP contribution in [0.2, 0.25) is 0 Å². The molecule has 0 bridgehead atoms. The second-order valence-electron chi connectivity index (χ2n) is 2.73. The van der Waals surface area contributed by atoms with Crippen LogP contribution in [0, 0.1) is 0 Å². The molecule has 0 aliphatic carbocycles. The molecule has 0 atom stereocenters. The van der Waals surface area contributed by atoms with E-state index in [4.69, 9.17) is 9.47 Å². The highest BCUT2D eigenvalue weighted by Crippen LogP contribution is 2.10. The first kappa shape index (κ1) is 7.71. The Hall–Kier alpha value is -0.930. The number of aromatic nitrogens is 1. The average molecular weight is 165 g/mol. The maximum Gasteiger partial charge on any atom is 0.161 e. The van der Waals surface area contributed by atoms with Gasteiger partial charge in [0.15, 0.2) is 6.29 Å². The molecule has 12 heavy (non-hydrogen) atoms. The molecule has 1 aliphatic rings. The Kier molecular flexibility index (Phi) is 2.34. The zero-order chi connectivity index (χ0) is 8.23. The van der Waals surface area contributed by atoms with E-state index < -0.39 is 0 Å². The molecule has 0 aromatic carbocycles. The van der Waals surface area contributed by atoms with Crippen molar-refractivity contribution in [3.05, 3.63) is 30.1 Å². The van der Waals surface area contributed by atoms with Gasteiger partial charge in [0.25, 0.3) is 0 Å². The summed E-state index contributed by atoms with van der Waals surface area (Å²) in [6.07, 6.45) is 4.34. The van der Waals surface area contributed by atoms with Gasteiger partial charge in [-0.25, -0.2) is 0 Å². The average Bonchev–Trinajstić information content (AvgIpc) is 2.59. The lowest BCUT2D eigenvalue weighted by atomic mass is 10.2. The standard InChI is InChI=1S/C9H11NO2/c1-3-10-4-2-8(1)7-9-11-5-6-12-9/h1-4,9H,5-7H2. The first-order valence-electron chi connectivity index (χ1n) is 4.07. The molecule has 1 saturated heterocycles. The van der Waals surface area contributed by atoms with Gasteiger partial charge in [-0.05, 0) is 17.7 Å². The van der Waals surface area contributed by atoms with Crippen molar-refractivity contribution in [1.82, 2.24) is 4.98 Å². The maximum atomic E-state index is 5.31. The summed E-state index contributed by atoms with van der Waals surface area (Å²) in [7, 11) is 0. The predicted octanol–water partition coefficient (Wildman–Crippen LogP) is 0.997. The fraction of sp³-hybridized carbons (Fsp3) is 0.444. The van der Waals surface area contributed by atoms with Gasteiger partial charge in [-0.3, -0.25) is 4.98 Å². The zero-order valence-corrected chi connectivity index (χ0v) is 6.77. The fourth-order valence-electron chi connectivity index (χ4n) is 1.24. The molecular formula is C9H11NO2. The lowest BCUT2D eigenvalue weighted by molar-refractivity contribution is -0.0400. The molecule has 0 amide bonds. The summed E-state index contributed by atoms with van der Waals surface area (Å²) in [6, 6.07) is 3.95. The minimum absolute atomic E-state index is 0.0487. The summed E-state index contributed by atoms with van der Waals surface area (Å²) in [5, 5.41) is 0. The monoisotopic (exact) mass is 165 g/mol. The van der Waals surface area contributed by atoms with Crippen LogP contribution in [0.4, 0.5) is 0 Å². The molecule has 0 radical (unpaired) electrons. The highest BCUT2D eigenvalue weighted by atomic mass is 16.7. The van der Waals surface area contributed by atoms with E-state index in [0.717, 1.165) is 19.6 Å². The quantitative estimate of drug-likeness (QED) is 0.655. The van der Waals surface area contributed by atoms with Crippen LogP contribution in [0.3, 0.4) is 0 Å². The molecule has 1 aromatic heterocycles. The van der Waals surface area contributed by atoms with Gasteiger partial charge in [0.05, 0.1) is 13.2 Å². The summed E-state index contributed by atoms with van der Waals surface area (Å²) >= 11 is 0. The topological polar surface area (TPSA) is 31.4 Å². The van der Waals surface area contributed by atoms with E-state index in [2.05, 4.69) is 4.98 Å².